The number of ether oxygens (including phenoxy) is 2. The van der Waals surface area contributed by atoms with Gasteiger partial charge in [0.25, 0.3) is 11.8 Å². The number of hydrogen-bond donors (Lipinski definition) is 1. The van der Waals surface area contributed by atoms with Crippen LogP contribution in [0.5, 0.6) is 11.8 Å². The molecule has 2 aromatic carbocycles. The molecule has 0 saturated heterocycles. The molecular formula is C26H28N8O2. The van der Waals surface area contributed by atoms with Crippen molar-refractivity contribution in [2.45, 2.75) is 53.4 Å². The van der Waals surface area contributed by atoms with Gasteiger partial charge in [-0.1, -0.05) is 48.5 Å². The number of aryl methyl sites for hydroxylation is 1. The van der Waals surface area contributed by atoms with Gasteiger partial charge >= 0.3 is 0 Å². The number of tetrazole rings is 1. The number of aromatic nitrogens is 8. The zero-order valence-corrected chi connectivity index (χ0v) is 20.9. The molecule has 10 heteroatoms. The largest absolute Gasteiger partial charge is 0.472 e. The van der Waals surface area contributed by atoms with E-state index in [1.54, 1.807) is 0 Å². The van der Waals surface area contributed by atoms with Gasteiger partial charge in [0.2, 0.25) is 5.82 Å². The number of benzene rings is 2. The second kappa shape index (κ2) is 9.73. The molecule has 0 aliphatic heterocycles. The van der Waals surface area contributed by atoms with Gasteiger partial charge in [0, 0.05) is 5.56 Å². The van der Waals surface area contributed by atoms with Crippen LogP contribution in [0.4, 0.5) is 0 Å². The van der Waals surface area contributed by atoms with Gasteiger partial charge in [-0.05, 0) is 56.5 Å². The van der Waals surface area contributed by atoms with Crippen molar-refractivity contribution in [3.8, 4) is 34.3 Å². The van der Waals surface area contributed by atoms with Crippen molar-refractivity contribution >= 4 is 11.0 Å². The summed E-state index contributed by atoms with van der Waals surface area (Å²) in [5.41, 5.74) is 5.46. The van der Waals surface area contributed by atoms with Crippen molar-refractivity contribution in [1.29, 1.82) is 0 Å². The van der Waals surface area contributed by atoms with E-state index >= 15 is 0 Å². The van der Waals surface area contributed by atoms with Gasteiger partial charge in [0.05, 0.1) is 18.8 Å². The maximum Gasteiger partial charge on any atom is 0.262 e. The molecular weight excluding hydrogens is 456 g/mol. The summed E-state index contributed by atoms with van der Waals surface area (Å²) < 4.78 is 14.1. The van der Waals surface area contributed by atoms with Crippen LogP contribution in [0.25, 0.3) is 33.5 Å². The van der Waals surface area contributed by atoms with Gasteiger partial charge in [0.1, 0.15) is 11.3 Å². The van der Waals surface area contributed by atoms with Gasteiger partial charge in [0.15, 0.2) is 5.52 Å². The van der Waals surface area contributed by atoms with E-state index in [0.717, 1.165) is 33.6 Å². The first-order chi connectivity index (χ1) is 17.4. The first-order valence-corrected chi connectivity index (χ1v) is 11.9. The van der Waals surface area contributed by atoms with Crippen LogP contribution in [0.3, 0.4) is 0 Å². The topological polar surface area (TPSA) is 117 Å². The molecule has 184 valence electrons. The van der Waals surface area contributed by atoms with Gasteiger partial charge < -0.3 is 14.0 Å². The number of nitrogens with zero attached hydrogens (tertiary/aromatic N) is 7. The van der Waals surface area contributed by atoms with Crippen LogP contribution in [0.15, 0.2) is 48.5 Å². The standard InChI is InChI=1S/C26H28N8O2/c1-15(2)35-25-22-23(26(31-30-25)36-16(3)4)34(17(5)27-22)14-18-10-6-7-11-19(18)20-12-8-9-13-21(20)24-28-32-33-29-24/h6-13,15-16H,14H2,1-5H3,(H,28,29,32,33). The predicted molar refractivity (Wildman–Crippen MR) is 136 cm³/mol. The average molecular weight is 485 g/mol. The molecule has 0 aliphatic carbocycles. The highest BCUT2D eigenvalue weighted by Gasteiger charge is 2.22. The molecule has 5 rings (SSSR count). The van der Waals surface area contributed by atoms with E-state index in [-0.39, 0.29) is 12.2 Å². The first-order valence-electron chi connectivity index (χ1n) is 11.9. The molecule has 5 aromatic rings. The van der Waals surface area contributed by atoms with Gasteiger partial charge in [-0.15, -0.1) is 20.4 Å². The Hall–Kier alpha value is -4.34. The van der Waals surface area contributed by atoms with Crippen LogP contribution in [-0.4, -0.2) is 52.6 Å². The van der Waals surface area contributed by atoms with E-state index < -0.39 is 0 Å². The van der Waals surface area contributed by atoms with E-state index in [1.165, 1.54) is 0 Å². The Morgan fingerprint density at radius 1 is 0.806 bits per heavy atom. The highest BCUT2D eigenvalue weighted by Crippen LogP contribution is 2.35. The Bertz CT molecular complexity index is 1490. The summed E-state index contributed by atoms with van der Waals surface area (Å²) in [6.45, 7) is 10.3. The zero-order chi connectivity index (χ0) is 25.2. The Balaban J connectivity index is 1.65. The highest BCUT2D eigenvalue weighted by atomic mass is 16.5. The third kappa shape index (κ3) is 4.49. The predicted octanol–water partition coefficient (Wildman–Crippen LogP) is 4.60. The number of hydrogen-bond acceptors (Lipinski definition) is 8. The molecule has 0 aliphatic rings. The fourth-order valence-electron chi connectivity index (χ4n) is 4.20. The lowest BCUT2D eigenvalue weighted by molar-refractivity contribution is 0.219. The monoisotopic (exact) mass is 484 g/mol. The van der Waals surface area contributed by atoms with Crippen molar-refractivity contribution in [2.75, 3.05) is 0 Å². The third-order valence-corrected chi connectivity index (χ3v) is 5.64. The van der Waals surface area contributed by atoms with Crippen LogP contribution in [0.1, 0.15) is 39.1 Å². The molecule has 0 amide bonds. The molecule has 0 radical (unpaired) electrons. The maximum absolute atomic E-state index is 6.05. The maximum atomic E-state index is 6.05. The number of imidazole rings is 1. The quantitative estimate of drug-likeness (QED) is 0.339. The van der Waals surface area contributed by atoms with Gasteiger partial charge in [-0.25, -0.2) is 4.98 Å². The Morgan fingerprint density at radius 2 is 1.44 bits per heavy atom. The molecule has 0 bridgehead atoms. The molecule has 10 nitrogen and oxygen atoms in total. The molecule has 3 aromatic heterocycles. The normalized spacial score (nSPS) is 11.5. The van der Waals surface area contributed by atoms with E-state index in [1.807, 2.05) is 65.0 Å². The molecule has 0 fully saturated rings. The highest BCUT2D eigenvalue weighted by molar-refractivity contribution is 5.86. The van der Waals surface area contributed by atoms with Crippen molar-refractivity contribution in [2.24, 2.45) is 0 Å². The summed E-state index contributed by atoms with van der Waals surface area (Å²) >= 11 is 0. The third-order valence-electron chi connectivity index (χ3n) is 5.64. The van der Waals surface area contributed by atoms with E-state index in [9.17, 15) is 0 Å². The minimum atomic E-state index is -0.0721. The van der Waals surface area contributed by atoms with Crippen molar-refractivity contribution < 1.29 is 9.47 Å². The van der Waals surface area contributed by atoms with Crippen LogP contribution < -0.4 is 9.47 Å². The smallest absolute Gasteiger partial charge is 0.262 e. The molecule has 1 N–H and O–H groups in total. The SMILES string of the molecule is Cc1nc2c(OC(C)C)nnc(OC(C)C)c2n1Cc1ccccc1-c1ccccc1-c1nn[nH]n1. The minimum absolute atomic E-state index is 0.0628. The molecule has 0 saturated carbocycles. The van der Waals surface area contributed by atoms with Crippen molar-refractivity contribution in [3.63, 3.8) is 0 Å². The fraction of sp³-hybridized carbons (Fsp3) is 0.308. The Morgan fingerprint density at radius 3 is 2.14 bits per heavy atom. The van der Waals surface area contributed by atoms with E-state index in [0.29, 0.717) is 29.6 Å². The molecule has 0 atom stereocenters. The van der Waals surface area contributed by atoms with E-state index in [4.69, 9.17) is 14.5 Å². The molecule has 0 unspecified atom stereocenters. The zero-order valence-electron chi connectivity index (χ0n) is 20.9. The molecule has 3 heterocycles. The molecule has 36 heavy (non-hydrogen) atoms. The lowest BCUT2D eigenvalue weighted by Gasteiger charge is -2.16. The Kier molecular flexibility index (Phi) is 6.32. The van der Waals surface area contributed by atoms with Crippen LogP contribution in [-0.2, 0) is 6.54 Å². The summed E-state index contributed by atoms with van der Waals surface area (Å²) in [6, 6.07) is 16.3. The second-order valence-corrected chi connectivity index (χ2v) is 9.02. The van der Waals surface area contributed by atoms with Crippen LogP contribution in [0, 0.1) is 6.92 Å². The van der Waals surface area contributed by atoms with Crippen molar-refractivity contribution in [3.05, 3.63) is 59.9 Å². The number of fused-ring (bicyclic) bond motifs is 1. The van der Waals surface area contributed by atoms with Gasteiger partial charge in [-0.2, -0.15) is 5.21 Å². The lowest BCUT2D eigenvalue weighted by Crippen LogP contribution is -2.13. The minimum Gasteiger partial charge on any atom is -0.472 e. The number of H-pyrrole nitrogens is 1. The number of rotatable bonds is 8. The summed E-state index contributed by atoms with van der Waals surface area (Å²) in [5, 5.41) is 23.3. The summed E-state index contributed by atoms with van der Waals surface area (Å²) in [7, 11) is 0. The summed E-state index contributed by atoms with van der Waals surface area (Å²) in [4.78, 5) is 4.81. The number of nitrogens with one attached hydrogen (secondary N) is 1. The number of aromatic amines is 1. The average Bonchev–Trinajstić information content (AvgIpc) is 3.50. The lowest BCUT2D eigenvalue weighted by atomic mass is 9.95. The summed E-state index contributed by atoms with van der Waals surface area (Å²) in [6.07, 6.45) is -0.135. The van der Waals surface area contributed by atoms with Crippen molar-refractivity contribution in [1.82, 2.24) is 40.4 Å². The van der Waals surface area contributed by atoms with Crippen LogP contribution >= 0.6 is 0 Å². The van der Waals surface area contributed by atoms with Gasteiger partial charge in [-0.3, -0.25) is 0 Å². The Labute approximate surface area is 208 Å². The second-order valence-electron chi connectivity index (χ2n) is 9.02. The summed E-state index contributed by atoms with van der Waals surface area (Å²) in [5.74, 6) is 2.18. The fourth-order valence-corrected chi connectivity index (χ4v) is 4.20. The first kappa shape index (κ1) is 23.4. The van der Waals surface area contributed by atoms with Crippen LogP contribution in [0.2, 0.25) is 0 Å². The van der Waals surface area contributed by atoms with E-state index in [2.05, 4.69) is 53.6 Å². The molecule has 0 spiro atoms.